The minimum atomic E-state index is -0.248. The maximum absolute atomic E-state index is 12.7. The molecule has 0 aliphatic heterocycles. The van der Waals surface area contributed by atoms with Crippen LogP contribution < -0.4 is 14.8 Å². The van der Waals surface area contributed by atoms with Gasteiger partial charge in [0.2, 0.25) is 5.13 Å². The molecule has 0 aliphatic rings. The van der Waals surface area contributed by atoms with Gasteiger partial charge < -0.3 is 14.8 Å². The van der Waals surface area contributed by atoms with Crippen LogP contribution in [0, 0.1) is 6.92 Å². The zero-order chi connectivity index (χ0) is 21.1. The van der Waals surface area contributed by atoms with Gasteiger partial charge in [-0.2, -0.15) is 9.78 Å². The summed E-state index contributed by atoms with van der Waals surface area (Å²) < 4.78 is 12.0. The number of anilines is 1. The van der Waals surface area contributed by atoms with Gasteiger partial charge in [-0.25, -0.2) is 4.98 Å². The highest BCUT2D eigenvalue weighted by Crippen LogP contribution is 2.28. The molecule has 0 bridgehead atoms. The quantitative estimate of drug-likeness (QED) is 0.494. The third-order valence-electron chi connectivity index (χ3n) is 4.46. The predicted octanol–water partition coefficient (Wildman–Crippen LogP) is 4.57. The number of aryl methyl sites for hydroxylation is 1. The van der Waals surface area contributed by atoms with E-state index >= 15 is 0 Å². The second kappa shape index (κ2) is 8.38. The molecule has 30 heavy (non-hydrogen) atoms. The summed E-state index contributed by atoms with van der Waals surface area (Å²) >= 11 is 1.45. The summed E-state index contributed by atoms with van der Waals surface area (Å²) in [5.74, 6) is 1.72. The van der Waals surface area contributed by atoms with Crippen LogP contribution in [0.15, 0.2) is 60.0 Å². The van der Waals surface area contributed by atoms with E-state index in [0.29, 0.717) is 22.3 Å². The maximum atomic E-state index is 12.7. The number of nitrogens with zero attached hydrogens (tertiary/aromatic N) is 3. The van der Waals surface area contributed by atoms with Crippen molar-refractivity contribution in [2.24, 2.45) is 0 Å². The monoisotopic (exact) mass is 420 g/mol. The molecule has 2 aromatic carbocycles. The Labute approximate surface area is 177 Å². The van der Waals surface area contributed by atoms with Crippen molar-refractivity contribution < 1.29 is 14.3 Å². The van der Waals surface area contributed by atoms with Crippen LogP contribution in [0.25, 0.3) is 16.4 Å². The summed E-state index contributed by atoms with van der Waals surface area (Å²) in [5.41, 5.74) is 3.08. The Hall–Kier alpha value is -3.65. The second-order valence-corrected chi connectivity index (χ2v) is 7.35. The third-order valence-corrected chi connectivity index (χ3v) is 5.28. The first-order chi connectivity index (χ1) is 14.6. The van der Waals surface area contributed by atoms with Crippen LogP contribution >= 0.6 is 11.3 Å². The van der Waals surface area contributed by atoms with Crippen molar-refractivity contribution >= 4 is 23.1 Å². The molecular weight excluding hydrogens is 400 g/mol. The Balaban J connectivity index is 1.60. The minimum Gasteiger partial charge on any atom is -0.497 e. The van der Waals surface area contributed by atoms with Crippen molar-refractivity contribution in [3.8, 4) is 27.9 Å². The van der Waals surface area contributed by atoms with E-state index < -0.39 is 0 Å². The first-order valence-electron chi connectivity index (χ1n) is 9.20. The normalized spacial score (nSPS) is 10.6. The summed E-state index contributed by atoms with van der Waals surface area (Å²) in [6.07, 6.45) is 0. The zero-order valence-electron chi connectivity index (χ0n) is 16.7. The van der Waals surface area contributed by atoms with Gasteiger partial charge in [0.15, 0.2) is 0 Å². The molecule has 0 aliphatic carbocycles. The number of rotatable bonds is 6. The molecule has 8 heteroatoms. The van der Waals surface area contributed by atoms with Gasteiger partial charge in [-0.05, 0) is 49.4 Å². The smallest absolute Gasteiger partial charge is 0.256 e. The van der Waals surface area contributed by atoms with Crippen molar-refractivity contribution in [1.82, 2.24) is 14.8 Å². The van der Waals surface area contributed by atoms with E-state index in [1.165, 1.54) is 11.3 Å². The number of ether oxygens (including phenoxy) is 2. The van der Waals surface area contributed by atoms with Crippen molar-refractivity contribution in [1.29, 1.82) is 0 Å². The molecule has 4 aromatic rings. The molecule has 0 unspecified atom stereocenters. The van der Waals surface area contributed by atoms with E-state index in [4.69, 9.17) is 14.5 Å². The number of methoxy groups -OCH3 is 2. The Morgan fingerprint density at radius 1 is 1.03 bits per heavy atom. The lowest BCUT2D eigenvalue weighted by atomic mass is 10.2. The first-order valence-corrected chi connectivity index (χ1v) is 10.1. The number of carbonyl (C=O) groups excluding carboxylic acids is 1. The van der Waals surface area contributed by atoms with Crippen molar-refractivity contribution in [3.05, 3.63) is 71.2 Å². The Bertz CT molecular complexity index is 1180. The lowest BCUT2D eigenvalue weighted by Crippen LogP contribution is -2.15. The molecule has 4 rings (SSSR count). The molecule has 152 valence electrons. The fourth-order valence-corrected chi connectivity index (χ4v) is 3.74. The summed E-state index contributed by atoms with van der Waals surface area (Å²) in [5, 5.41) is 10.0. The van der Waals surface area contributed by atoms with Crippen LogP contribution in [0.1, 0.15) is 16.1 Å². The highest BCUT2D eigenvalue weighted by Gasteiger charge is 2.16. The van der Waals surface area contributed by atoms with Gasteiger partial charge in [-0.3, -0.25) is 4.79 Å². The number of amides is 1. The molecule has 0 fully saturated rings. The summed E-state index contributed by atoms with van der Waals surface area (Å²) in [7, 11) is 3.20. The summed E-state index contributed by atoms with van der Waals surface area (Å²) in [6.45, 7) is 1.87. The number of nitrogens with one attached hydrogen (secondary N) is 1. The third kappa shape index (κ3) is 4.04. The number of benzene rings is 2. The fourth-order valence-electron chi connectivity index (χ4n) is 2.94. The first kappa shape index (κ1) is 19.7. The Kier molecular flexibility index (Phi) is 5.49. The molecular formula is C22H20N4O3S. The molecule has 0 saturated heterocycles. The predicted molar refractivity (Wildman–Crippen MR) is 117 cm³/mol. The summed E-state index contributed by atoms with van der Waals surface area (Å²) in [6, 6.07) is 16.5. The van der Waals surface area contributed by atoms with Crippen molar-refractivity contribution in [2.45, 2.75) is 6.92 Å². The minimum absolute atomic E-state index is 0.248. The van der Waals surface area contributed by atoms with Gasteiger partial charge in [0.1, 0.15) is 17.3 Å². The van der Waals surface area contributed by atoms with E-state index in [9.17, 15) is 4.79 Å². The average molecular weight is 420 g/mol. The molecule has 1 amide bonds. The SMILES string of the molecule is COc1ccc(-c2csc(-n3nc(C)cc3NC(=O)c3cccc(OC)c3)n2)cc1. The van der Waals surface area contributed by atoms with E-state index in [1.807, 2.05) is 42.6 Å². The van der Waals surface area contributed by atoms with E-state index in [0.717, 1.165) is 22.7 Å². The molecule has 0 spiro atoms. The van der Waals surface area contributed by atoms with Crippen molar-refractivity contribution in [2.75, 3.05) is 19.5 Å². The highest BCUT2D eigenvalue weighted by molar-refractivity contribution is 7.12. The maximum Gasteiger partial charge on any atom is 0.256 e. The van der Waals surface area contributed by atoms with Gasteiger partial charge in [0.25, 0.3) is 5.91 Å². The number of hydrogen-bond acceptors (Lipinski definition) is 6. The van der Waals surface area contributed by atoms with Gasteiger partial charge in [-0.1, -0.05) is 6.07 Å². The van der Waals surface area contributed by atoms with Crippen LogP contribution in [-0.2, 0) is 0 Å². The molecule has 2 aromatic heterocycles. The van der Waals surface area contributed by atoms with E-state index in [2.05, 4.69) is 10.4 Å². The topological polar surface area (TPSA) is 78.3 Å². The van der Waals surface area contributed by atoms with Gasteiger partial charge in [-0.15, -0.1) is 11.3 Å². The van der Waals surface area contributed by atoms with E-state index in [-0.39, 0.29) is 5.91 Å². The number of carbonyl (C=O) groups is 1. The van der Waals surface area contributed by atoms with Crippen LogP contribution in [0.5, 0.6) is 11.5 Å². The molecule has 0 atom stereocenters. The number of hydrogen-bond donors (Lipinski definition) is 1. The molecule has 0 radical (unpaired) electrons. The largest absolute Gasteiger partial charge is 0.497 e. The van der Waals surface area contributed by atoms with Gasteiger partial charge >= 0.3 is 0 Å². The second-order valence-electron chi connectivity index (χ2n) is 6.51. The van der Waals surface area contributed by atoms with Crippen LogP contribution in [-0.4, -0.2) is 34.9 Å². The van der Waals surface area contributed by atoms with Gasteiger partial charge in [0.05, 0.1) is 25.6 Å². The highest BCUT2D eigenvalue weighted by atomic mass is 32.1. The molecule has 7 nitrogen and oxygen atoms in total. The lowest BCUT2D eigenvalue weighted by Gasteiger charge is -2.07. The van der Waals surface area contributed by atoms with Crippen molar-refractivity contribution in [3.63, 3.8) is 0 Å². The van der Waals surface area contributed by atoms with Crippen LogP contribution in [0.3, 0.4) is 0 Å². The molecule has 1 N–H and O–H groups in total. The Morgan fingerprint density at radius 3 is 2.53 bits per heavy atom. The molecule has 0 saturated carbocycles. The van der Waals surface area contributed by atoms with Gasteiger partial charge in [0, 0.05) is 22.6 Å². The number of aromatic nitrogens is 3. The van der Waals surface area contributed by atoms with E-state index in [1.54, 1.807) is 43.2 Å². The lowest BCUT2D eigenvalue weighted by molar-refractivity contribution is 0.102. The average Bonchev–Trinajstić information content (AvgIpc) is 3.40. The van der Waals surface area contributed by atoms with Crippen LogP contribution in [0.4, 0.5) is 5.82 Å². The zero-order valence-corrected chi connectivity index (χ0v) is 17.6. The standard InChI is InChI=1S/C22H20N4O3S/c1-14-11-20(24-21(27)16-5-4-6-18(12-16)29-3)26(25-14)22-23-19(13-30-22)15-7-9-17(28-2)10-8-15/h4-13H,1-3H3,(H,24,27). The number of thiazole rings is 1. The molecule has 2 heterocycles. The fraction of sp³-hybridized carbons (Fsp3) is 0.136. The Morgan fingerprint density at radius 2 is 1.80 bits per heavy atom. The summed E-state index contributed by atoms with van der Waals surface area (Å²) in [4.78, 5) is 17.4. The van der Waals surface area contributed by atoms with Crippen LogP contribution in [0.2, 0.25) is 0 Å².